The van der Waals surface area contributed by atoms with Crippen LogP contribution in [0.2, 0.25) is 0 Å². The predicted octanol–water partition coefficient (Wildman–Crippen LogP) is 2.73. The Morgan fingerprint density at radius 2 is 1.91 bits per heavy atom. The highest BCUT2D eigenvalue weighted by Crippen LogP contribution is 2.30. The van der Waals surface area contributed by atoms with E-state index in [0.717, 1.165) is 25.0 Å². The summed E-state index contributed by atoms with van der Waals surface area (Å²) in [5, 5.41) is 2.42. The lowest BCUT2D eigenvalue weighted by atomic mass is 10.0. The van der Waals surface area contributed by atoms with E-state index in [2.05, 4.69) is 5.32 Å². The summed E-state index contributed by atoms with van der Waals surface area (Å²) in [4.78, 5) is 26.2. The molecule has 0 unspecified atom stereocenters. The van der Waals surface area contributed by atoms with Crippen LogP contribution in [0.15, 0.2) is 18.2 Å². The summed E-state index contributed by atoms with van der Waals surface area (Å²) >= 11 is 0. The summed E-state index contributed by atoms with van der Waals surface area (Å²) < 4.78 is 26.4. The third-order valence-corrected chi connectivity index (χ3v) is 4.21. The van der Waals surface area contributed by atoms with E-state index in [9.17, 15) is 18.4 Å². The Morgan fingerprint density at radius 1 is 1.26 bits per heavy atom. The number of nitrogens with one attached hydrogen (secondary N) is 1. The van der Waals surface area contributed by atoms with E-state index >= 15 is 0 Å². The van der Waals surface area contributed by atoms with Crippen LogP contribution in [-0.2, 0) is 4.79 Å². The Morgan fingerprint density at radius 3 is 2.43 bits per heavy atom. The van der Waals surface area contributed by atoms with Gasteiger partial charge >= 0.3 is 0 Å². The maximum absolute atomic E-state index is 13.6. The highest BCUT2D eigenvalue weighted by molar-refractivity contribution is 5.96. The van der Waals surface area contributed by atoms with Crippen LogP contribution in [0, 0.1) is 17.6 Å². The van der Waals surface area contributed by atoms with Gasteiger partial charge in [0.05, 0.1) is 12.1 Å². The molecule has 1 N–H and O–H groups in total. The molecule has 1 atom stereocenters. The van der Waals surface area contributed by atoms with E-state index in [1.54, 1.807) is 0 Å². The van der Waals surface area contributed by atoms with Gasteiger partial charge in [0.15, 0.2) is 0 Å². The van der Waals surface area contributed by atoms with E-state index in [1.165, 1.54) is 0 Å². The number of amides is 2. The van der Waals surface area contributed by atoms with E-state index < -0.39 is 17.5 Å². The van der Waals surface area contributed by atoms with Crippen molar-refractivity contribution in [1.29, 1.82) is 0 Å². The fourth-order valence-electron chi connectivity index (χ4n) is 2.45. The number of carbonyl (C=O) groups excluding carboxylic acids is 2. The Labute approximate surface area is 134 Å². The number of halogens is 2. The first kappa shape index (κ1) is 17.4. The quantitative estimate of drug-likeness (QED) is 0.875. The summed E-state index contributed by atoms with van der Waals surface area (Å²) in [7, 11) is 0. The zero-order valence-corrected chi connectivity index (χ0v) is 13.6. The van der Waals surface area contributed by atoms with Crippen LogP contribution >= 0.6 is 0 Å². The lowest BCUT2D eigenvalue weighted by Gasteiger charge is -2.32. The van der Waals surface area contributed by atoms with Gasteiger partial charge < -0.3 is 10.2 Å². The van der Waals surface area contributed by atoms with Crippen molar-refractivity contribution < 1.29 is 18.4 Å². The molecule has 126 valence electrons. The Bertz CT molecular complexity index is 600. The molecule has 6 heteroatoms. The monoisotopic (exact) mass is 324 g/mol. The molecule has 0 bridgehead atoms. The second-order valence-electron chi connectivity index (χ2n) is 6.32. The zero-order valence-electron chi connectivity index (χ0n) is 13.6. The molecule has 0 spiro atoms. The Balaban J connectivity index is 1.98. The number of nitrogens with zero attached hydrogens (tertiary/aromatic N) is 1. The minimum absolute atomic E-state index is 0.0782. The second-order valence-corrected chi connectivity index (χ2v) is 6.32. The smallest absolute Gasteiger partial charge is 0.254 e. The van der Waals surface area contributed by atoms with Crippen molar-refractivity contribution in [2.75, 3.05) is 6.54 Å². The van der Waals surface area contributed by atoms with Gasteiger partial charge in [-0.3, -0.25) is 9.59 Å². The van der Waals surface area contributed by atoms with Gasteiger partial charge in [0.25, 0.3) is 5.91 Å². The number of carbonyl (C=O) groups is 2. The van der Waals surface area contributed by atoms with Crippen molar-refractivity contribution in [3.8, 4) is 0 Å². The van der Waals surface area contributed by atoms with Crippen molar-refractivity contribution in [2.24, 2.45) is 5.92 Å². The average Bonchev–Trinajstić information content (AvgIpc) is 3.29. The van der Waals surface area contributed by atoms with Crippen molar-refractivity contribution in [3.05, 3.63) is 35.4 Å². The molecule has 1 aliphatic rings. The highest BCUT2D eigenvalue weighted by Gasteiger charge is 2.36. The van der Waals surface area contributed by atoms with Crippen LogP contribution in [0.3, 0.4) is 0 Å². The van der Waals surface area contributed by atoms with Crippen LogP contribution in [0.4, 0.5) is 8.78 Å². The van der Waals surface area contributed by atoms with Crippen LogP contribution in [0.5, 0.6) is 0 Å². The fraction of sp³-hybridized carbons (Fsp3) is 0.529. The number of benzene rings is 1. The SMILES string of the molecule is CC(C)[C@H](C)N(C(=O)CNC(=O)c1ccc(F)cc1F)C1CC1. The molecule has 0 saturated heterocycles. The number of rotatable bonds is 6. The van der Waals surface area contributed by atoms with E-state index in [-0.39, 0.29) is 30.1 Å². The van der Waals surface area contributed by atoms with Gasteiger partial charge in [-0.05, 0) is 37.8 Å². The first-order valence-corrected chi connectivity index (χ1v) is 7.85. The van der Waals surface area contributed by atoms with Crippen LogP contribution in [0.1, 0.15) is 44.0 Å². The first-order chi connectivity index (χ1) is 10.8. The average molecular weight is 324 g/mol. The molecule has 1 aromatic rings. The highest BCUT2D eigenvalue weighted by atomic mass is 19.1. The fourth-order valence-corrected chi connectivity index (χ4v) is 2.45. The molecule has 0 aliphatic heterocycles. The van der Waals surface area contributed by atoms with Crippen molar-refractivity contribution in [1.82, 2.24) is 10.2 Å². The number of hydrogen-bond donors (Lipinski definition) is 1. The van der Waals surface area contributed by atoms with E-state index in [0.29, 0.717) is 12.0 Å². The van der Waals surface area contributed by atoms with E-state index in [1.807, 2.05) is 25.7 Å². The molecule has 4 nitrogen and oxygen atoms in total. The number of hydrogen-bond acceptors (Lipinski definition) is 2. The van der Waals surface area contributed by atoms with Crippen molar-refractivity contribution in [3.63, 3.8) is 0 Å². The normalized spacial score (nSPS) is 15.4. The first-order valence-electron chi connectivity index (χ1n) is 7.85. The molecule has 0 radical (unpaired) electrons. The van der Waals surface area contributed by atoms with Gasteiger partial charge in [-0.15, -0.1) is 0 Å². The van der Waals surface area contributed by atoms with Crippen LogP contribution in [0.25, 0.3) is 0 Å². The molecule has 1 fully saturated rings. The molecule has 2 amide bonds. The summed E-state index contributed by atoms with van der Waals surface area (Å²) in [5.41, 5.74) is -0.269. The predicted molar refractivity (Wildman–Crippen MR) is 82.9 cm³/mol. The Kier molecular flexibility index (Phi) is 5.34. The molecular formula is C17H22F2N2O2. The van der Waals surface area contributed by atoms with Crippen LogP contribution in [-0.4, -0.2) is 35.3 Å². The molecule has 1 saturated carbocycles. The summed E-state index contributed by atoms with van der Waals surface area (Å²) in [5.74, 6) is -2.27. The molecular weight excluding hydrogens is 302 g/mol. The molecule has 1 aromatic carbocycles. The molecule has 23 heavy (non-hydrogen) atoms. The summed E-state index contributed by atoms with van der Waals surface area (Å²) in [6, 6.07) is 3.04. The largest absolute Gasteiger partial charge is 0.343 e. The van der Waals surface area contributed by atoms with Gasteiger partial charge in [-0.2, -0.15) is 0 Å². The maximum atomic E-state index is 13.6. The van der Waals surface area contributed by atoms with Gasteiger partial charge in [-0.1, -0.05) is 13.8 Å². The third-order valence-electron chi connectivity index (χ3n) is 4.21. The summed E-state index contributed by atoms with van der Waals surface area (Å²) in [6.45, 7) is 5.88. The lowest BCUT2D eigenvalue weighted by Crippen LogP contribution is -2.47. The summed E-state index contributed by atoms with van der Waals surface area (Å²) in [6.07, 6.45) is 1.95. The molecule has 0 heterocycles. The standard InChI is InChI=1S/C17H22F2N2O2/c1-10(2)11(3)21(13-5-6-13)16(22)9-20-17(23)14-7-4-12(18)8-15(14)19/h4,7-8,10-11,13H,5-6,9H2,1-3H3,(H,20,23)/t11-/m0/s1. The molecule has 2 rings (SSSR count). The van der Waals surface area contributed by atoms with Gasteiger partial charge in [0.1, 0.15) is 11.6 Å². The van der Waals surface area contributed by atoms with Gasteiger partial charge in [0, 0.05) is 18.2 Å². The minimum atomic E-state index is -0.940. The van der Waals surface area contributed by atoms with Crippen molar-refractivity contribution >= 4 is 11.8 Å². The van der Waals surface area contributed by atoms with Crippen LogP contribution < -0.4 is 5.32 Å². The Hall–Kier alpha value is -1.98. The molecule has 0 aromatic heterocycles. The van der Waals surface area contributed by atoms with Crippen molar-refractivity contribution in [2.45, 2.75) is 45.7 Å². The zero-order chi connectivity index (χ0) is 17.1. The van der Waals surface area contributed by atoms with Gasteiger partial charge in [0.2, 0.25) is 5.91 Å². The minimum Gasteiger partial charge on any atom is -0.343 e. The third kappa shape index (κ3) is 4.27. The van der Waals surface area contributed by atoms with Gasteiger partial charge in [-0.25, -0.2) is 8.78 Å². The topological polar surface area (TPSA) is 49.4 Å². The lowest BCUT2D eigenvalue weighted by molar-refractivity contribution is -0.133. The molecule has 1 aliphatic carbocycles. The van der Waals surface area contributed by atoms with E-state index in [4.69, 9.17) is 0 Å². The second kappa shape index (κ2) is 7.06. The maximum Gasteiger partial charge on any atom is 0.254 e.